The molecule has 0 radical (unpaired) electrons. The second kappa shape index (κ2) is 4.52. The molecule has 6 heteroatoms. The third-order valence-corrected chi connectivity index (χ3v) is 1.78. The van der Waals surface area contributed by atoms with Crippen molar-refractivity contribution in [3.63, 3.8) is 0 Å². The van der Waals surface area contributed by atoms with Crippen molar-refractivity contribution in [1.82, 2.24) is 25.4 Å². The summed E-state index contributed by atoms with van der Waals surface area (Å²) in [5.74, 6) is 1.65. The Morgan fingerprint density at radius 3 is 3.14 bits per heavy atom. The second-order valence-electron chi connectivity index (χ2n) is 2.81. The van der Waals surface area contributed by atoms with Crippen LogP contribution in [0.4, 0.5) is 0 Å². The maximum Gasteiger partial charge on any atom is 0.213 e. The lowest BCUT2D eigenvalue weighted by Crippen LogP contribution is -2.17. The standard InChI is InChI=1S/C8H11N5O/c1(7-12-6-14-13-7)2-9-5-8-10-3-4-11-8/h3-4,6,9H,1-2,5H2,(H,10,11). The van der Waals surface area contributed by atoms with E-state index < -0.39 is 0 Å². The first-order valence-electron chi connectivity index (χ1n) is 4.39. The molecular formula is C8H11N5O. The first kappa shape index (κ1) is 8.89. The molecule has 0 aliphatic rings. The van der Waals surface area contributed by atoms with E-state index in [4.69, 9.17) is 0 Å². The van der Waals surface area contributed by atoms with Crippen LogP contribution in [0.25, 0.3) is 0 Å². The second-order valence-corrected chi connectivity index (χ2v) is 2.81. The molecule has 0 atom stereocenters. The maximum atomic E-state index is 4.61. The van der Waals surface area contributed by atoms with E-state index in [2.05, 4.69) is 29.9 Å². The van der Waals surface area contributed by atoms with Gasteiger partial charge in [0.25, 0.3) is 0 Å². The molecule has 0 saturated carbocycles. The Labute approximate surface area is 80.7 Å². The van der Waals surface area contributed by atoms with Crippen molar-refractivity contribution in [1.29, 1.82) is 0 Å². The Hall–Kier alpha value is -1.69. The van der Waals surface area contributed by atoms with Crippen LogP contribution < -0.4 is 5.32 Å². The van der Waals surface area contributed by atoms with Crippen molar-refractivity contribution in [2.75, 3.05) is 6.54 Å². The fourth-order valence-corrected chi connectivity index (χ4v) is 1.10. The lowest BCUT2D eigenvalue weighted by molar-refractivity contribution is 0.409. The van der Waals surface area contributed by atoms with E-state index in [0.29, 0.717) is 0 Å². The Morgan fingerprint density at radius 2 is 2.43 bits per heavy atom. The quantitative estimate of drug-likeness (QED) is 0.659. The first-order valence-corrected chi connectivity index (χ1v) is 4.39. The van der Waals surface area contributed by atoms with Gasteiger partial charge in [0, 0.05) is 25.4 Å². The van der Waals surface area contributed by atoms with E-state index >= 15 is 0 Å². The van der Waals surface area contributed by atoms with Crippen LogP contribution in [0.1, 0.15) is 11.6 Å². The van der Waals surface area contributed by atoms with Crippen LogP contribution in [-0.4, -0.2) is 26.7 Å². The molecule has 2 heterocycles. The summed E-state index contributed by atoms with van der Waals surface area (Å²) in [6.07, 6.45) is 5.63. The van der Waals surface area contributed by atoms with Crippen LogP contribution in [0.3, 0.4) is 0 Å². The summed E-state index contributed by atoms with van der Waals surface area (Å²) in [7, 11) is 0. The average molecular weight is 193 g/mol. The molecule has 2 aromatic heterocycles. The lowest BCUT2D eigenvalue weighted by Gasteiger charge is -1.98. The van der Waals surface area contributed by atoms with Gasteiger partial charge in [0.15, 0.2) is 5.82 Å². The van der Waals surface area contributed by atoms with Gasteiger partial charge in [-0.25, -0.2) is 4.98 Å². The van der Waals surface area contributed by atoms with Gasteiger partial charge in [-0.3, -0.25) is 0 Å². The molecule has 0 saturated heterocycles. The Kier molecular flexibility index (Phi) is 2.87. The smallest absolute Gasteiger partial charge is 0.213 e. The van der Waals surface area contributed by atoms with Crippen molar-refractivity contribution in [3.8, 4) is 0 Å². The molecular weight excluding hydrogens is 182 g/mol. The van der Waals surface area contributed by atoms with Crippen molar-refractivity contribution >= 4 is 0 Å². The summed E-state index contributed by atoms with van der Waals surface area (Å²) in [5, 5.41) is 6.91. The SMILES string of the molecule is c1c[nH]c(CNCCc2ncon2)n1. The van der Waals surface area contributed by atoms with Crippen LogP contribution in [0.15, 0.2) is 23.3 Å². The summed E-state index contributed by atoms with van der Waals surface area (Å²) < 4.78 is 4.61. The molecule has 0 aliphatic carbocycles. The van der Waals surface area contributed by atoms with E-state index in [1.54, 1.807) is 12.4 Å². The summed E-state index contributed by atoms with van der Waals surface area (Å²) in [6, 6.07) is 0. The largest absolute Gasteiger partial charge is 0.348 e. The van der Waals surface area contributed by atoms with Crippen molar-refractivity contribution < 1.29 is 4.52 Å². The zero-order valence-electron chi connectivity index (χ0n) is 7.60. The van der Waals surface area contributed by atoms with Crippen molar-refractivity contribution in [2.24, 2.45) is 0 Å². The van der Waals surface area contributed by atoms with E-state index in [-0.39, 0.29) is 0 Å². The molecule has 0 aromatic carbocycles. The van der Waals surface area contributed by atoms with Crippen LogP contribution in [0, 0.1) is 0 Å². The number of nitrogens with one attached hydrogen (secondary N) is 2. The predicted octanol–water partition coefficient (Wildman–Crippen LogP) is 0.125. The van der Waals surface area contributed by atoms with Gasteiger partial charge in [-0.15, -0.1) is 0 Å². The fraction of sp³-hybridized carbons (Fsp3) is 0.375. The number of hydrogen-bond donors (Lipinski definition) is 2. The predicted molar refractivity (Wildman–Crippen MR) is 48.3 cm³/mol. The molecule has 0 fully saturated rings. The van der Waals surface area contributed by atoms with Gasteiger partial charge >= 0.3 is 0 Å². The zero-order chi connectivity index (χ0) is 9.64. The molecule has 14 heavy (non-hydrogen) atoms. The van der Waals surface area contributed by atoms with Gasteiger partial charge in [0.05, 0.1) is 6.54 Å². The average Bonchev–Trinajstić information content (AvgIpc) is 2.86. The molecule has 2 aromatic rings. The molecule has 2 N–H and O–H groups in total. The summed E-state index contributed by atoms with van der Waals surface area (Å²) in [4.78, 5) is 11.0. The van der Waals surface area contributed by atoms with Crippen molar-refractivity contribution in [3.05, 3.63) is 30.4 Å². The summed E-state index contributed by atoms with van der Waals surface area (Å²) >= 11 is 0. The zero-order valence-corrected chi connectivity index (χ0v) is 7.60. The first-order chi connectivity index (χ1) is 6.95. The lowest BCUT2D eigenvalue weighted by atomic mass is 10.4. The van der Waals surface area contributed by atoms with Gasteiger partial charge in [0.2, 0.25) is 6.39 Å². The normalized spacial score (nSPS) is 10.6. The number of H-pyrrole nitrogens is 1. The van der Waals surface area contributed by atoms with Crippen LogP contribution in [-0.2, 0) is 13.0 Å². The van der Waals surface area contributed by atoms with E-state index in [9.17, 15) is 0 Å². The molecule has 2 rings (SSSR count). The Bertz CT molecular complexity index is 305. The van der Waals surface area contributed by atoms with Crippen LogP contribution >= 0.6 is 0 Å². The van der Waals surface area contributed by atoms with Gasteiger partial charge in [-0.05, 0) is 0 Å². The molecule has 0 amide bonds. The highest BCUT2D eigenvalue weighted by molar-refractivity contribution is 4.86. The van der Waals surface area contributed by atoms with E-state index in [0.717, 1.165) is 31.2 Å². The number of aromatic amines is 1. The monoisotopic (exact) mass is 193 g/mol. The molecule has 0 spiro atoms. The number of rotatable bonds is 5. The number of nitrogens with zero attached hydrogens (tertiary/aromatic N) is 3. The fourth-order valence-electron chi connectivity index (χ4n) is 1.10. The third kappa shape index (κ3) is 2.40. The number of aromatic nitrogens is 4. The highest BCUT2D eigenvalue weighted by Crippen LogP contribution is 1.90. The van der Waals surface area contributed by atoms with Gasteiger partial charge in [-0.1, -0.05) is 5.16 Å². The minimum Gasteiger partial charge on any atom is -0.348 e. The molecule has 6 nitrogen and oxygen atoms in total. The highest BCUT2D eigenvalue weighted by Gasteiger charge is 1.98. The molecule has 74 valence electrons. The molecule has 0 aliphatic heterocycles. The van der Waals surface area contributed by atoms with Crippen molar-refractivity contribution in [2.45, 2.75) is 13.0 Å². The topological polar surface area (TPSA) is 79.6 Å². The van der Waals surface area contributed by atoms with E-state index in [1.807, 2.05) is 0 Å². The van der Waals surface area contributed by atoms with Gasteiger partial charge in [0.1, 0.15) is 5.82 Å². The maximum absolute atomic E-state index is 4.61. The Morgan fingerprint density at radius 1 is 1.43 bits per heavy atom. The number of hydrogen-bond acceptors (Lipinski definition) is 5. The highest BCUT2D eigenvalue weighted by atomic mass is 16.5. The molecule has 0 unspecified atom stereocenters. The van der Waals surface area contributed by atoms with Crippen LogP contribution in [0.2, 0.25) is 0 Å². The summed E-state index contributed by atoms with van der Waals surface area (Å²) in [6.45, 7) is 1.53. The minimum absolute atomic E-state index is 0.719. The van der Waals surface area contributed by atoms with Gasteiger partial charge in [-0.2, -0.15) is 4.98 Å². The molecule has 0 bridgehead atoms. The third-order valence-electron chi connectivity index (χ3n) is 1.78. The minimum atomic E-state index is 0.719. The summed E-state index contributed by atoms with van der Waals surface area (Å²) in [5.41, 5.74) is 0. The van der Waals surface area contributed by atoms with Gasteiger partial charge < -0.3 is 14.8 Å². The van der Waals surface area contributed by atoms with Crippen LogP contribution in [0.5, 0.6) is 0 Å². The number of imidazole rings is 1. The Balaban J connectivity index is 1.65. The van der Waals surface area contributed by atoms with E-state index in [1.165, 1.54) is 6.39 Å².